The lowest BCUT2D eigenvalue weighted by Gasteiger charge is -2.14. The first-order valence-corrected chi connectivity index (χ1v) is 6.71. The SMILES string of the molecule is NC(=S)C1(C(=O)Nc2cccc3c(=O)[nH][nH]c(=O)c23)CC1. The first kappa shape index (κ1) is 13.5. The Morgan fingerprint density at radius 2 is 1.90 bits per heavy atom. The Labute approximate surface area is 123 Å². The molecule has 1 aromatic heterocycles. The van der Waals surface area contributed by atoms with E-state index < -0.39 is 16.5 Å². The number of aromatic amines is 2. The average molecular weight is 304 g/mol. The third-order valence-electron chi connectivity index (χ3n) is 3.73. The fourth-order valence-electron chi connectivity index (χ4n) is 2.29. The predicted molar refractivity (Wildman–Crippen MR) is 82.3 cm³/mol. The highest BCUT2D eigenvalue weighted by Gasteiger charge is 2.52. The molecule has 21 heavy (non-hydrogen) atoms. The Morgan fingerprint density at radius 1 is 1.24 bits per heavy atom. The zero-order valence-corrected chi connectivity index (χ0v) is 11.7. The Balaban J connectivity index is 2.09. The van der Waals surface area contributed by atoms with Crippen molar-refractivity contribution in [2.45, 2.75) is 12.8 Å². The van der Waals surface area contributed by atoms with Crippen molar-refractivity contribution in [1.29, 1.82) is 0 Å². The summed E-state index contributed by atoms with van der Waals surface area (Å²) in [4.78, 5) is 36.1. The van der Waals surface area contributed by atoms with Gasteiger partial charge >= 0.3 is 0 Å². The number of benzene rings is 1. The van der Waals surface area contributed by atoms with Crippen LogP contribution in [0.25, 0.3) is 10.8 Å². The lowest BCUT2D eigenvalue weighted by Crippen LogP contribution is -2.35. The lowest BCUT2D eigenvalue weighted by molar-refractivity contribution is -0.118. The Bertz CT molecular complexity index is 879. The second-order valence-corrected chi connectivity index (χ2v) is 5.48. The van der Waals surface area contributed by atoms with Gasteiger partial charge in [-0.2, -0.15) is 0 Å². The van der Waals surface area contributed by atoms with Gasteiger partial charge in [-0.15, -0.1) is 0 Å². The second-order valence-electron chi connectivity index (χ2n) is 5.04. The van der Waals surface area contributed by atoms with Crippen LogP contribution in [0.1, 0.15) is 12.8 Å². The number of nitrogens with one attached hydrogen (secondary N) is 3. The molecule has 0 unspecified atom stereocenters. The number of aromatic nitrogens is 2. The van der Waals surface area contributed by atoms with Crippen molar-refractivity contribution >= 4 is 39.6 Å². The maximum atomic E-state index is 12.3. The number of H-pyrrole nitrogens is 2. The molecule has 0 aliphatic heterocycles. The Hall–Kier alpha value is -2.48. The van der Waals surface area contributed by atoms with Crippen LogP contribution in [0.2, 0.25) is 0 Å². The van der Waals surface area contributed by atoms with E-state index in [0.29, 0.717) is 12.8 Å². The minimum Gasteiger partial charge on any atom is -0.392 e. The summed E-state index contributed by atoms with van der Waals surface area (Å²) in [5, 5.41) is 7.47. The van der Waals surface area contributed by atoms with E-state index in [1.165, 1.54) is 6.07 Å². The van der Waals surface area contributed by atoms with E-state index in [9.17, 15) is 14.4 Å². The topological polar surface area (TPSA) is 121 Å². The van der Waals surface area contributed by atoms with Crippen molar-refractivity contribution in [2.75, 3.05) is 5.32 Å². The van der Waals surface area contributed by atoms with Crippen LogP contribution in [0.3, 0.4) is 0 Å². The molecule has 1 heterocycles. The number of carbonyl (C=O) groups excluding carboxylic acids is 1. The number of anilines is 1. The maximum absolute atomic E-state index is 12.3. The zero-order chi connectivity index (χ0) is 15.2. The van der Waals surface area contributed by atoms with Crippen LogP contribution >= 0.6 is 12.2 Å². The van der Waals surface area contributed by atoms with Crippen molar-refractivity contribution in [3.8, 4) is 0 Å². The fourth-order valence-corrected chi connectivity index (χ4v) is 2.58. The molecule has 0 radical (unpaired) electrons. The molecule has 5 N–H and O–H groups in total. The molecule has 108 valence electrons. The summed E-state index contributed by atoms with van der Waals surface area (Å²) in [5.74, 6) is -0.345. The number of nitrogens with two attached hydrogens (primary N) is 1. The van der Waals surface area contributed by atoms with E-state index in [0.717, 1.165) is 0 Å². The molecule has 1 amide bonds. The molecule has 1 aliphatic carbocycles. The third-order valence-corrected chi connectivity index (χ3v) is 4.12. The highest BCUT2D eigenvalue weighted by atomic mass is 32.1. The van der Waals surface area contributed by atoms with E-state index in [4.69, 9.17) is 18.0 Å². The number of hydrogen-bond acceptors (Lipinski definition) is 4. The quantitative estimate of drug-likeness (QED) is 0.605. The Kier molecular flexibility index (Phi) is 2.91. The monoisotopic (exact) mass is 304 g/mol. The summed E-state index contributed by atoms with van der Waals surface area (Å²) < 4.78 is 0. The van der Waals surface area contributed by atoms with Crippen LogP contribution in [-0.4, -0.2) is 21.1 Å². The number of hydrogen-bond donors (Lipinski definition) is 4. The van der Waals surface area contributed by atoms with Crippen molar-refractivity contribution < 1.29 is 4.79 Å². The van der Waals surface area contributed by atoms with Crippen molar-refractivity contribution in [1.82, 2.24) is 10.2 Å². The molecule has 3 rings (SSSR count). The van der Waals surface area contributed by atoms with Gasteiger partial charge in [0.15, 0.2) is 0 Å². The molecule has 0 atom stereocenters. The number of carbonyl (C=O) groups is 1. The number of amides is 1. The molecule has 2 aromatic rings. The summed E-state index contributed by atoms with van der Waals surface area (Å²) in [6, 6.07) is 4.66. The lowest BCUT2D eigenvalue weighted by atomic mass is 10.1. The first-order valence-electron chi connectivity index (χ1n) is 6.31. The van der Waals surface area contributed by atoms with Crippen molar-refractivity contribution in [3.05, 3.63) is 38.9 Å². The normalized spacial score (nSPS) is 15.6. The fraction of sp³-hybridized carbons (Fsp3) is 0.231. The van der Waals surface area contributed by atoms with Crippen LogP contribution < -0.4 is 22.2 Å². The summed E-state index contributed by atoms with van der Waals surface area (Å²) >= 11 is 4.92. The molecule has 1 aromatic carbocycles. The average Bonchev–Trinajstić information content (AvgIpc) is 3.25. The summed E-state index contributed by atoms with van der Waals surface area (Å²) in [5.41, 5.74) is 4.12. The van der Waals surface area contributed by atoms with Gasteiger partial charge in [0, 0.05) is 0 Å². The molecular formula is C13H12N4O3S. The number of rotatable bonds is 3. The van der Waals surface area contributed by atoms with E-state index >= 15 is 0 Å². The van der Waals surface area contributed by atoms with Gasteiger partial charge in [0.2, 0.25) is 5.91 Å². The third kappa shape index (κ3) is 2.04. The largest absolute Gasteiger partial charge is 0.392 e. The molecule has 1 aliphatic rings. The molecule has 1 fully saturated rings. The number of thiocarbonyl (C=S) groups is 1. The van der Waals surface area contributed by atoms with Gasteiger partial charge in [-0.25, -0.2) is 0 Å². The van der Waals surface area contributed by atoms with Gasteiger partial charge in [0.05, 0.1) is 26.9 Å². The van der Waals surface area contributed by atoms with Crippen LogP contribution in [0, 0.1) is 5.41 Å². The minimum absolute atomic E-state index is 0.133. The predicted octanol–water partition coefficient (Wildman–Crippen LogP) is 0.221. The van der Waals surface area contributed by atoms with Crippen LogP contribution in [0.15, 0.2) is 27.8 Å². The van der Waals surface area contributed by atoms with Gasteiger partial charge < -0.3 is 11.1 Å². The van der Waals surface area contributed by atoms with Crippen molar-refractivity contribution in [3.63, 3.8) is 0 Å². The van der Waals surface area contributed by atoms with Gasteiger partial charge in [0.1, 0.15) is 0 Å². The molecule has 7 nitrogen and oxygen atoms in total. The van der Waals surface area contributed by atoms with E-state index in [2.05, 4.69) is 15.5 Å². The van der Waals surface area contributed by atoms with Gasteiger partial charge in [-0.1, -0.05) is 18.3 Å². The van der Waals surface area contributed by atoms with Gasteiger partial charge in [0.25, 0.3) is 11.1 Å². The van der Waals surface area contributed by atoms with Gasteiger partial charge in [-0.05, 0) is 25.0 Å². The van der Waals surface area contributed by atoms with Crippen molar-refractivity contribution in [2.24, 2.45) is 11.1 Å². The smallest absolute Gasteiger partial charge is 0.272 e. The molecule has 0 saturated heterocycles. The highest BCUT2D eigenvalue weighted by Crippen LogP contribution is 2.47. The molecule has 0 bridgehead atoms. The molecule has 8 heteroatoms. The Morgan fingerprint density at radius 3 is 2.52 bits per heavy atom. The minimum atomic E-state index is -0.828. The second kappa shape index (κ2) is 4.52. The van der Waals surface area contributed by atoms with Crippen LogP contribution in [-0.2, 0) is 4.79 Å². The van der Waals surface area contributed by atoms with E-state index in [-0.39, 0.29) is 27.4 Å². The highest BCUT2D eigenvalue weighted by molar-refractivity contribution is 7.80. The summed E-state index contributed by atoms with van der Waals surface area (Å²) in [6.45, 7) is 0. The van der Waals surface area contributed by atoms with Crippen LogP contribution in [0.5, 0.6) is 0 Å². The summed E-state index contributed by atoms with van der Waals surface area (Å²) in [7, 11) is 0. The standard InChI is InChI=1S/C13H12N4O3S/c14-11(21)13(4-5-13)12(20)15-7-3-1-2-6-8(7)10(19)17-16-9(6)18/h1-3H,4-5H2,(H2,14,21)(H,15,20)(H,16,18)(H,17,19). The van der Waals surface area contributed by atoms with Gasteiger partial charge in [-0.3, -0.25) is 24.6 Å². The zero-order valence-electron chi connectivity index (χ0n) is 10.9. The molecular weight excluding hydrogens is 292 g/mol. The first-order chi connectivity index (χ1) is 9.95. The van der Waals surface area contributed by atoms with E-state index in [1.807, 2.05) is 0 Å². The van der Waals surface area contributed by atoms with Crippen LogP contribution in [0.4, 0.5) is 5.69 Å². The number of fused-ring (bicyclic) bond motifs is 1. The van der Waals surface area contributed by atoms with E-state index in [1.54, 1.807) is 12.1 Å². The summed E-state index contributed by atoms with van der Waals surface area (Å²) in [6.07, 6.45) is 1.19. The molecule has 1 saturated carbocycles. The maximum Gasteiger partial charge on any atom is 0.272 e. The molecule has 0 spiro atoms.